The molecule has 0 spiro atoms. The van der Waals surface area contributed by atoms with Crippen molar-refractivity contribution >= 4 is 38.5 Å². The van der Waals surface area contributed by atoms with Crippen LogP contribution in [0, 0.1) is 5.92 Å². The van der Waals surface area contributed by atoms with Gasteiger partial charge in [0, 0.05) is 10.0 Å². The van der Waals surface area contributed by atoms with Gasteiger partial charge in [0.25, 0.3) is 0 Å². The summed E-state index contributed by atoms with van der Waals surface area (Å²) < 4.78 is 22.1. The van der Waals surface area contributed by atoms with E-state index in [2.05, 4.69) is 26.0 Å². The molecule has 24 heavy (non-hydrogen) atoms. The van der Waals surface area contributed by atoms with E-state index in [-0.39, 0.29) is 10.8 Å². The third-order valence-corrected chi connectivity index (χ3v) is 7.03. The quantitative estimate of drug-likeness (QED) is 0.725. The van der Waals surface area contributed by atoms with Crippen molar-refractivity contribution in [3.63, 3.8) is 0 Å². The van der Waals surface area contributed by atoms with E-state index in [9.17, 15) is 4.21 Å². The molecule has 4 nitrogen and oxygen atoms in total. The van der Waals surface area contributed by atoms with Gasteiger partial charge >= 0.3 is 0 Å². The van der Waals surface area contributed by atoms with Crippen molar-refractivity contribution in [2.45, 2.75) is 44.4 Å². The number of hydrogen-bond donors (Lipinski definition) is 2. The first kappa shape index (κ1) is 20.2. The molecule has 0 saturated carbocycles. The first-order chi connectivity index (χ1) is 11.2. The van der Waals surface area contributed by atoms with E-state index in [0.717, 1.165) is 41.7 Å². The lowest BCUT2D eigenvalue weighted by Crippen LogP contribution is -2.41. The molecule has 1 aromatic carbocycles. The molecule has 0 aliphatic carbocycles. The maximum absolute atomic E-state index is 12.7. The van der Waals surface area contributed by atoms with Gasteiger partial charge in [-0.05, 0) is 80.7 Å². The molecular formula is C17H26BrClN2O2S. The van der Waals surface area contributed by atoms with Crippen LogP contribution in [-0.2, 0) is 11.0 Å². The average molecular weight is 438 g/mol. The van der Waals surface area contributed by atoms with Crippen molar-refractivity contribution < 1.29 is 8.95 Å². The van der Waals surface area contributed by atoms with Crippen molar-refractivity contribution in [1.29, 1.82) is 0 Å². The highest BCUT2D eigenvalue weighted by molar-refractivity contribution is 9.10. The lowest BCUT2D eigenvalue weighted by Gasteiger charge is -2.34. The van der Waals surface area contributed by atoms with E-state index in [1.807, 2.05) is 32.9 Å². The number of nitrogens with one attached hydrogen (secondary N) is 2. The zero-order chi connectivity index (χ0) is 17.9. The van der Waals surface area contributed by atoms with Gasteiger partial charge in [0.05, 0.1) is 33.9 Å². The SMILES string of the molecule is COc1cc(Br)c(Cl)cc1[C@H](N[S@@](=O)C(C)(C)C)C1CCNCC1. The van der Waals surface area contributed by atoms with Crippen LogP contribution in [0.4, 0.5) is 0 Å². The normalized spacial score (nSPS) is 19.1. The van der Waals surface area contributed by atoms with E-state index in [4.69, 9.17) is 16.3 Å². The first-order valence-corrected chi connectivity index (χ1v) is 10.5. The molecule has 1 fully saturated rings. The molecule has 2 atom stereocenters. The number of hydrogen-bond acceptors (Lipinski definition) is 3. The summed E-state index contributed by atoms with van der Waals surface area (Å²) in [6, 6.07) is 3.74. The van der Waals surface area contributed by atoms with Crippen LogP contribution in [0.2, 0.25) is 5.02 Å². The molecule has 1 heterocycles. The van der Waals surface area contributed by atoms with Crippen LogP contribution in [0.3, 0.4) is 0 Å². The third kappa shape index (κ3) is 4.94. The van der Waals surface area contributed by atoms with Gasteiger partial charge < -0.3 is 10.1 Å². The Hall–Kier alpha value is -0.140. The summed E-state index contributed by atoms with van der Waals surface area (Å²) in [6.45, 7) is 7.86. The standard InChI is InChI=1S/C17H26BrClN2O2S/c1-17(2,3)24(22)21-16(11-5-7-20-8-6-11)12-9-14(19)13(18)10-15(12)23-4/h9-11,16,20-21H,5-8H2,1-4H3/t16-,24+/m1/s1. The van der Waals surface area contributed by atoms with Crippen LogP contribution >= 0.6 is 27.5 Å². The summed E-state index contributed by atoms with van der Waals surface area (Å²) in [7, 11) is 0.480. The molecule has 2 rings (SSSR count). The lowest BCUT2D eigenvalue weighted by molar-refractivity contribution is 0.300. The van der Waals surface area contributed by atoms with Crippen LogP contribution in [0.5, 0.6) is 5.75 Å². The molecule has 0 unspecified atom stereocenters. The summed E-state index contributed by atoms with van der Waals surface area (Å²) in [5.41, 5.74) is 0.968. The Morgan fingerprint density at radius 1 is 1.38 bits per heavy atom. The molecule has 0 bridgehead atoms. The first-order valence-electron chi connectivity index (χ1n) is 8.15. The summed E-state index contributed by atoms with van der Waals surface area (Å²) in [6.07, 6.45) is 2.05. The smallest absolute Gasteiger partial charge is 0.124 e. The molecule has 1 aromatic rings. The zero-order valence-corrected chi connectivity index (χ0v) is 17.8. The highest BCUT2D eigenvalue weighted by Crippen LogP contribution is 2.39. The van der Waals surface area contributed by atoms with E-state index < -0.39 is 11.0 Å². The number of halogens is 2. The van der Waals surface area contributed by atoms with E-state index in [1.165, 1.54) is 0 Å². The van der Waals surface area contributed by atoms with Gasteiger partial charge in [0.2, 0.25) is 0 Å². The van der Waals surface area contributed by atoms with Gasteiger partial charge in [0.15, 0.2) is 0 Å². The van der Waals surface area contributed by atoms with Crippen molar-refractivity contribution in [1.82, 2.24) is 10.0 Å². The largest absolute Gasteiger partial charge is 0.496 e. The molecule has 0 radical (unpaired) electrons. The van der Waals surface area contributed by atoms with Gasteiger partial charge in [-0.3, -0.25) is 0 Å². The van der Waals surface area contributed by atoms with E-state index >= 15 is 0 Å². The van der Waals surface area contributed by atoms with E-state index in [0.29, 0.717) is 10.9 Å². The molecule has 0 aromatic heterocycles. The molecule has 7 heteroatoms. The van der Waals surface area contributed by atoms with Crippen molar-refractivity contribution in [3.8, 4) is 5.75 Å². The van der Waals surface area contributed by atoms with Gasteiger partial charge in [-0.1, -0.05) is 11.6 Å². The Labute approximate surface area is 160 Å². The number of piperidine rings is 1. The van der Waals surface area contributed by atoms with E-state index in [1.54, 1.807) is 7.11 Å². The predicted octanol–water partition coefficient (Wildman–Crippen LogP) is 4.20. The fraction of sp³-hybridized carbons (Fsp3) is 0.647. The zero-order valence-electron chi connectivity index (χ0n) is 14.6. The molecule has 1 saturated heterocycles. The Morgan fingerprint density at radius 3 is 2.54 bits per heavy atom. The Balaban J connectivity index is 2.41. The molecule has 136 valence electrons. The number of methoxy groups -OCH3 is 1. The second kappa shape index (κ2) is 8.49. The minimum atomic E-state index is -1.17. The average Bonchev–Trinajstić information content (AvgIpc) is 2.54. The highest BCUT2D eigenvalue weighted by Gasteiger charge is 2.32. The lowest BCUT2D eigenvalue weighted by atomic mass is 9.86. The van der Waals surface area contributed by atoms with Crippen LogP contribution in [-0.4, -0.2) is 29.2 Å². The van der Waals surface area contributed by atoms with Gasteiger partial charge in [-0.25, -0.2) is 8.93 Å². The number of benzene rings is 1. The van der Waals surface area contributed by atoms with Gasteiger partial charge in [-0.2, -0.15) is 0 Å². The van der Waals surface area contributed by atoms with Crippen LogP contribution in [0.1, 0.15) is 45.2 Å². The van der Waals surface area contributed by atoms with Crippen molar-refractivity contribution in [2.24, 2.45) is 5.92 Å². The molecule has 1 aliphatic rings. The molecule has 1 aliphatic heterocycles. The van der Waals surface area contributed by atoms with Crippen LogP contribution < -0.4 is 14.8 Å². The van der Waals surface area contributed by atoms with Crippen LogP contribution in [0.25, 0.3) is 0 Å². The topological polar surface area (TPSA) is 50.4 Å². The second-order valence-corrected chi connectivity index (χ2v) is 10.3. The van der Waals surface area contributed by atoms with Gasteiger partial charge in [0.1, 0.15) is 5.75 Å². The second-order valence-electron chi connectivity index (χ2n) is 7.07. The number of rotatable bonds is 5. The summed E-state index contributed by atoms with van der Waals surface area (Å²) >= 11 is 9.78. The maximum Gasteiger partial charge on any atom is 0.124 e. The Bertz CT molecular complexity index is 601. The minimum Gasteiger partial charge on any atom is -0.496 e. The fourth-order valence-electron chi connectivity index (χ4n) is 2.85. The van der Waals surface area contributed by atoms with Crippen molar-refractivity contribution in [3.05, 3.63) is 27.2 Å². The molecule has 2 N–H and O–H groups in total. The minimum absolute atomic E-state index is 0.0623. The maximum atomic E-state index is 12.7. The highest BCUT2D eigenvalue weighted by atomic mass is 79.9. The Kier molecular flexibility index (Phi) is 7.14. The monoisotopic (exact) mass is 436 g/mol. The van der Waals surface area contributed by atoms with Crippen molar-refractivity contribution in [2.75, 3.05) is 20.2 Å². The summed E-state index contributed by atoms with van der Waals surface area (Å²) in [5, 5.41) is 4.02. The fourth-order valence-corrected chi connectivity index (χ4v) is 4.25. The third-order valence-electron chi connectivity index (χ3n) is 4.25. The van der Waals surface area contributed by atoms with Crippen LogP contribution in [0.15, 0.2) is 16.6 Å². The predicted molar refractivity (Wildman–Crippen MR) is 105 cm³/mol. The summed E-state index contributed by atoms with van der Waals surface area (Å²) in [5.74, 6) is 1.14. The number of ether oxygens (including phenoxy) is 1. The Morgan fingerprint density at radius 2 is 2.00 bits per heavy atom. The molecular weight excluding hydrogens is 412 g/mol. The van der Waals surface area contributed by atoms with Gasteiger partial charge in [-0.15, -0.1) is 0 Å². The summed E-state index contributed by atoms with van der Waals surface area (Å²) in [4.78, 5) is 0. The molecule has 0 amide bonds.